The normalized spacial score (nSPS) is 10.9. The average Bonchev–Trinajstić information content (AvgIpc) is 3.33. The van der Waals surface area contributed by atoms with Crippen molar-refractivity contribution in [2.45, 2.75) is 20.1 Å². The molecule has 1 heterocycles. The lowest BCUT2D eigenvalue weighted by Gasteiger charge is -2.11. The maximum Gasteiger partial charge on any atom is 0.387 e. The summed E-state index contributed by atoms with van der Waals surface area (Å²) in [5.41, 5.74) is 1.92. The van der Waals surface area contributed by atoms with E-state index < -0.39 is 6.61 Å². The predicted molar refractivity (Wildman–Crippen MR) is 118 cm³/mol. The molecule has 0 aliphatic carbocycles. The Bertz CT molecular complexity index is 1110. The summed E-state index contributed by atoms with van der Waals surface area (Å²) >= 11 is 0. The monoisotopic (exact) mass is 456 g/mol. The molecule has 0 radical (unpaired) electrons. The first-order chi connectivity index (χ1) is 15.9. The second-order valence-electron chi connectivity index (χ2n) is 6.70. The minimum Gasteiger partial charge on any atom is -0.490 e. The zero-order chi connectivity index (χ0) is 23.6. The summed E-state index contributed by atoms with van der Waals surface area (Å²) in [6.07, 6.45) is 4.27. The molecule has 0 bridgehead atoms. The second-order valence-corrected chi connectivity index (χ2v) is 6.70. The van der Waals surface area contributed by atoms with Crippen LogP contribution in [-0.4, -0.2) is 25.0 Å². The third kappa shape index (κ3) is 7.20. The number of benzene rings is 2. The molecule has 0 fully saturated rings. The van der Waals surface area contributed by atoms with Gasteiger partial charge in [0.05, 0.1) is 12.9 Å². The zero-order valence-electron chi connectivity index (χ0n) is 17.7. The third-order valence-electron chi connectivity index (χ3n) is 4.31. The van der Waals surface area contributed by atoms with Crippen LogP contribution >= 0.6 is 0 Å². The van der Waals surface area contributed by atoms with Crippen LogP contribution in [0.4, 0.5) is 14.5 Å². The van der Waals surface area contributed by atoms with Crippen molar-refractivity contribution in [2.75, 3.05) is 11.9 Å². The highest BCUT2D eigenvalue weighted by Crippen LogP contribution is 2.30. The molecule has 0 saturated heterocycles. The number of furan rings is 1. The highest BCUT2D eigenvalue weighted by Gasteiger charge is 2.11. The summed E-state index contributed by atoms with van der Waals surface area (Å²) in [4.78, 5) is 24.3. The smallest absolute Gasteiger partial charge is 0.387 e. The Morgan fingerprint density at radius 1 is 1.09 bits per heavy atom. The van der Waals surface area contributed by atoms with Crippen molar-refractivity contribution in [2.24, 2.45) is 0 Å². The molecule has 0 spiro atoms. The fraction of sp³-hybridized carbons (Fsp3) is 0.167. The van der Waals surface area contributed by atoms with Gasteiger partial charge in [-0.3, -0.25) is 9.59 Å². The van der Waals surface area contributed by atoms with Gasteiger partial charge in [0.25, 0.3) is 5.91 Å². The molecule has 0 atom stereocenters. The summed E-state index contributed by atoms with van der Waals surface area (Å²) < 4.78 is 39.8. The van der Waals surface area contributed by atoms with Gasteiger partial charge in [-0.25, -0.2) is 0 Å². The molecule has 33 heavy (non-hydrogen) atoms. The second kappa shape index (κ2) is 11.5. The SMILES string of the molecule is CCOc1cc(/C=C/C(=O)NCc2cccc(NC(=O)c3ccco3)c2)ccc1OC(F)F. The quantitative estimate of drug-likeness (QED) is 0.425. The van der Waals surface area contributed by atoms with Gasteiger partial charge in [0.1, 0.15) is 0 Å². The largest absolute Gasteiger partial charge is 0.490 e. The number of carbonyl (C=O) groups excluding carboxylic acids is 2. The highest BCUT2D eigenvalue weighted by atomic mass is 19.3. The van der Waals surface area contributed by atoms with Crippen molar-refractivity contribution in [1.29, 1.82) is 0 Å². The van der Waals surface area contributed by atoms with E-state index in [2.05, 4.69) is 15.4 Å². The van der Waals surface area contributed by atoms with E-state index in [1.54, 1.807) is 37.3 Å². The lowest BCUT2D eigenvalue weighted by atomic mass is 10.1. The lowest BCUT2D eigenvalue weighted by molar-refractivity contribution is -0.116. The van der Waals surface area contributed by atoms with Crippen LogP contribution in [0.5, 0.6) is 11.5 Å². The first-order valence-corrected chi connectivity index (χ1v) is 10.1. The van der Waals surface area contributed by atoms with Crippen molar-refractivity contribution in [3.8, 4) is 11.5 Å². The van der Waals surface area contributed by atoms with E-state index >= 15 is 0 Å². The standard InChI is InChI=1S/C24H22F2N2O5/c1-2-31-21-14-16(8-10-19(21)33-24(25)26)9-11-22(29)27-15-17-5-3-6-18(13-17)28-23(30)20-7-4-12-32-20/h3-14,24H,2,15H2,1H3,(H,27,29)(H,28,30)/b11-9+. The Morgan fingerprint density at radius 3 is 2.67 bits per heavy atom. The maximum absolute atomic E-state index is 12.5. The van der Waals surface area contributed by atoms with E-state index in [0.29, 0.717) is 11.3 Å². The molecule has 172 valence electrons. The number of alkyl halides is 2. The van der Waals surface area contributed by atoms with Crippen LogP contribution in [0.25, 0.3) is 6.08 Å². The third-order valence-corrected chi connectivity index (χ3v) is 4.31. The van der Waals surface area contributed by atoms with Gasteiger partial charge in [-0.15, -0.1) is 0 Å². The Balaban J connectivity index is 1.57. The van der Waals surface area contributed by atoms with Crippen LogP contribution < -0.4 is 20.1 Å². The minimum atomic E-state index is -2.96. The first-order valence-electron chi connectivity index (χ1n) is 10.1. The summed E-state index contributed by atoms with van der Waals surface area (Å²) in [6, 6.07) is 14.6. The Hall–Kier alpha value is -4.14. The Labute approximate surface area is 189 Å². The fourth-order valence-corrected chi connectivity index (χ4v) is 2.87. The van der Waals surface area contributed by atoms with Crippen molar-refractivity contribution < 1.29 is 32.3 Å². The van der Waals surface area contributed by atoms with Crippen LogP contribution in [-0.2, 0) is 11.3 Å². The van der Waals surface area contributed by atoms with Gasteiger partial charge in [-0.1, -0.05) is 18.2 Å². The molecule has 2 N–H and O–H groups in total. The number of rotatable bonds is 10. The minimum absolute atomic E-state index is 0.0764. The molecule has 9 heteroatoms. The predicted octanol–water partition coefficient (Wildman–Crippen LogP) is 4.86. The maximum atomic E-state index is 12.5. The number of halogens is 2. The highest BCUT2D eigenvalue weighted by molar-refractivity contribution is 6.02. The Kier molecular flexibility index (Phi) is 8.18. The topological polar surface area (TPSA) is 89.8 Å². The molecule has 2 aromatic carbocycles. The summed E-state index contributed by atoms with van der Waals surface area (Å²) in [5.74, 6) is -0.451. The van der Waals surface area contributed by atoms with Crippen LogP contribution in [0.3, 0.4) is 0 Å². The average molecular weight is 456 g/mol. The number of carbonyl (C=O) groups is 2. The van der Waals surface area contributed by atoms with Crippen LogP contribution in [0, 0.1) is 0 Å². The number of nitrogens with one attached hydrogen (secondary N) is 2. The van der Waals surface area contributed by atoms with Crippen LogP contribution in [0.15, 0.2) is 71.4 Å². The van der Waals surface area contributed by atoms with Crippen molar-refractivity contribution in [3.05, 3.63) is 83.8 Å². The molecule has 3 aromatic rings. The van der Waals surface area contributed by atoms with E-state index in [1.165, 1.54) is 36.6 Å². The number of ether oxygens (including phenoxy) is 2. The van der Waals surface area contributed by atoms with E-state index in [-0.39, 0.29) is 42.2 Å². The van der Waals surface area contributed by atoms with E-state index in [1.807, 2.05) is 6.07 Å². The molecule has 7 nitrogen and oxygen atoms in total. The van der Waals surface area contributed by atoms with Gasteiger partial charge in [0.2, 0.25) is 5.91 Å². The van der Waals surface area contributed by atoms with Crippen molar-refractivity contribution in [1.82, 2.24) is 5.32 Å². The summed E-state index contributed by atoms with van der Waals surface area (Å²) in [6.45, 7) is -0.736. The molecule has 1 aromatic heterocycles. The van der Waals surface area contributed by atoms with Gasteiger partial charge < -0.3 is 24.5 Å². The fourth-order valence-electron chi connectivity index (χ4n) is 2.87. The van der Waals surface area contributed by atoms with Crippen molar-refractivity contribution >= 4 is 23.6 Å². The van der Waals surface area contributed by atoms with Gasteiger partial charge in [-0.2, -0.15) is 8.78 Å². The molecule has 3 rings (SSSR count). The molecule has 2 amide bonds. The molecular formula is C24H22F2N2O5. The van der Waals surface area contributed by atoms with E-state index in [0.717, 1.165) is 5.56 Å². The van der Waals surface area contributed by atoms with Gasteiger partial charge in [0, 0.05) is 18.3 Å². The van der Waals surface area contributed by atoms with E-state index in [9.17, 15) is 18.4 Å². The number of anilines is 1. The molecule has 0 aliphatic heterocycles. The number of hydrogen-bond acceptors (Lipinski definition) is 5. The first kappa shape index (κ1) is 23.5. The van der Waals surface area contributed by atoms with Gasteiger partial charge >= 0.3 is 6.61 Å². The summed E-state index contributed by atoms with van der Waals surface area (Å²) in [5, 5.41) is 5.46. The molecule has 0 aliphatic rings. The zero-order valence-corrected chi connectivity index (χ0v) is 17.7. The molecular weight excluding hydrogens is 434 g/mol. The van der Waals surface area contributed by atoms with Crippen LogP contribution in [0.2, 0.25) is 0 Å². The van der Waals surface area contributed by atoms with Gasteiger partial charge in [-0.05, 0) is 60.5 Å². The summed E-state index contributed by atoms with van der Waals surface area (Å²) in [7, 11) is 0. The number of hydrogen-bond donors (Lipinski definition) is 2. The van der Waals surface area contributed by atoms with E-state index in [4.69, 9.17) is 9.15 Å². The van der Waals surface area contributed by atoms with Crippen molar-refractivity contribution in [3.63, 3.8) is 0 Å². The van der Waals surface area contributed by atoms with Crippen LogP contribution in [0.1, 0.15) is 28.6 Å². The molecule has 0 saturated carbocycles. The molecule has 0 unspecified atom stereocenters. The Morgan fingerprint density at radius 2 is 1.94 bits per heavy atom. The van der Waals surface area contributed by atoms with Gasteiger partial charge in [0.15, 0.2) is 17.3 Å². The lowest BCUT2D eigenvalue weighted by Crippen LogP contribution is -2.20. The number of amides is 2.